The van der Waals surface area contributed by atoms with Crippen LogP contribution in [0, 0.1) is 5.92 Å². The quantitative estimate of drug-likeness (QED) is 0.665. The third-order valence-electron chi connectivity index (χ3n) is 2.56. The molecule has 1 saturated heterocycles. The molecule has 2 heterocycles. The predicted octanol–water partition coefficient (Wildman–Crippen LogP) is 1.91. The van der Waals surface area contributed by atoms with E-state index in [-0.39, 0.29) is 5.28 Å². The van der Waals surface area contributed by atoms with Crippen LogP contribution in [0.5, 0.6) is 0 Å². The van der Waals surface area contributed by atoms with Gasteiger partial charge in [-0.15, -0.1) is 0 Å². The lowest BCUT2D eigenvalue weighted by Gasteiger charge is -2.09. The predicted molar refractivity (Wildman–Crippen MR) is 62.7 cm³/mol. The van der Waals surface area contributed by atoms with E-state index >= 15 is 0 Å². The van der Waals surface area contributed by atoms with Crippen LogP contribution in [-0.4, -0.2) is 29.7 Å². The fourth-order valence-corrected chi connectivity index (χ4v) is 2.02. The molecule has 4 nitrogen and oxygen atoms in total. The summed E-state index contributed by atoms with van der Waals surface area (Å²) in [6.45, 7) is 3.29. The van der Waals surface area contributed by atoms with Crippen LogP contribution < -0.4 is 5.32 Å². The first-order chi connectivity index (χ1) is 7.75. The monoisotopic (exact) mass is 261 g/mol. The van der Waals surface area contributed by atoms with Crippen molar-refractivity contribution in [2.24, 2.45) is 5.92 Å². The van der Waals surface area contributed by atoms with Crippen molar-refractivity contribution in [3.63, 3.8) is 0 Å². The minimum absolute atomic E-state index is 0.161. The van der Waals surface area contributed by atoms with Gasteiger partial charge in [0.2, 0.25) is 5.28 Å². The molecule has 1 atom stereocenters. The molecular formula is C10H13Cl2N3O. The third kappa shape index (κ3) is 3.28. The summed E-state index contributed by atoms with van der Waals surface area (Å²) in [5, 5.41) is 3.82. The summed E-state index contributed by atoms with van der Waals surface area (Å²) >= 11 is 11.5. The Hall–Kier alpha value is -0.420. The SMILES string of the molecule is Clc1ncc(COC[C@@H]2CCNC2)c(Cl)n1. The average Bonchev–Trinajstić information content (AvgIpc) is 2.74. The van der Waals surface area contributed by atoms with Crippen LogP contribution in [0.3, 0.4) is 0 Å². The Morgan fingerprint density at radius 3 is 3.06 bits per heavy atom. The van der Waals surface area contributed by atoms with Gasteiger partial charge in [-0.3, -0.25) is 0 Å². The summed E-state index contributed by atoms with van der Waals surface area (Å²) in [5.41, 5.74) is 0.775. The maximum Gasteiger partial charge on any atom is 0.223 e. The van der Waals surface area contributed by atoms with Gasteiger partial charge in [-0.25, -0.2) is 9.97 Å². The van der Waals surface area contributed by atoms with E-state index in [2.05, 4.69) is 15.3 Å². The van der Waals surface area contributed by atoms with Crippen LogP contribution >= 0.6 is 23.2 Å². The van der Waals surface area contributed by atoms with E-state index in [9.17, 15) is 0 Å². The highest BCUT2D eigenvalue weighted by atomic mass is 35.5. The molecule has 0 bridgehead atoms. The van der Waals surface area contributed by atoms with Gasteiger partial charge in [-0.1, -0.05) is 11.6 Å². The van der Waals surface area contributed by atoms with Crippen LogP contribution in [-0.2, 0) is 11.3 Å². The summed E-state index contributed by atoms with van der Waals surface area (Å²) in [4.78, 5) is 7.72. The number of aromatic nitrogens is 2. The lowest BCUT2D eigenvalue weighted by molar-refractivity contribution is 0.0921. The van der Waals surface area contributed by atoms with Crippen LogP contribution in [0.2, 0.25) is 10.4 Å². The van der Waals surface area contributed by atoms with E-state index in [1.165, 1.54) is 6.42 Å². The molecule has 1 N–H and O–H groups in total. The van der Waals surface area contributed by atoms with Gasteiger partial charge in [0.25, 0.3) is 0 Å². The number of halogens is 2. The molecule has 1 aliphatic rings. The molecule has 2 rings (SSSR count). The lowest BCUT2D eigenvalue weighted by atomic mass is 10.1. The van der Waals surface area contributed by atoms with Crippen molar-refractivity contribution in [2.45, 2.75) is 13.0 Å². The minimum atomic E-state index is 0.161. The van der Waals surface area contributed by atoms with Crippen LogP contribution in [0.15, 0.2) is 6.20 Å². The Balaban J connectivity index is 1.80. The van der Waals surface area contributed by atoms with Crippen molar-refractivity contribution in [1.82, 2.24) is 15.3 Å². The van der Waals surface area contributed by atoms with Crippen molar-refractivity contribution in [1.29, 1.82) is 0 Å². The van der Waals surface area contributed by atoms with Gasteiger partial charge in [0.15, 0.2) is 0 Å². The smallest absolute Gasteiger partial charge is 0.223 e. The van der Waals surface area contributed by atoms with Crippen molar-refractivity contribution >= 4 is 23.2 Å². The topological polar surface area (TPSA) is 47.0 Å². The number of nitrogens with one attached hydrogen (secondary N) is 1. The highest BCUT2D eigenvalue weighted by Crippen LogP contribution is 2.16. The van der Waals surface area contributed by atoms with Gasteiger partial charge in [0, 0.05) is 18.3 Å². The van der Waals surface area contributed by atoms with Gasteiger partial charge in [-0.05, 0) is 30.5 Å². The molecule has 0 saturated carbocycles. The Bertz CT molecular complexity index is 356. The summed E-state index contributed by atoms with van der Waals surface area (Å²) in [6.07, 6.45) is 2.77. The fraction of sp³-hybridized carbons (Fsp3) is 0.600. The number of ether oxygens (including phenoxy) is 1. The molecule has 0 radical (unpaired) electrons. The molecule has 1 fully saturated rings. The van der Waals surface area contributed by atoms with Crippen molar-refractivity contribution in [2.75, 3.05) is 19.7 Å². The van der Waals surface area contributed by atoms with E-state index in [4.69, 9.17) is 27.9 Å². The molecule has 0 amide bonds. The fourth-order valence-electron chi connectivity index (χ4n) is 1.66. The van der Waals surface area contributed by atoms with Crippen LogP contribution in [0.25, 0.3) is 0 Å². The first-order valence-corrected chi connectivity index (χ1v) is 5.96. The number of hydrogen-bond donors (Lipinski definition) is 1. The Labute approximate surface area is 104 Å². The van der Waals surface area contributed by atoms with Gasteiger partial charge >= 0.3 is 0 Å². The van der Waals surface area contributed by atoms with Crippen molar-refractivity contribution in [3.05, 3.63) is 22.2 Å². The molecule has 16 heavy (non-hydrogen) atoms. The molecule has 1 aromatic rings. The van der Waals surface area contributed by atoms with Crippen molar-refractivity contribution < 1.29 is 4.74 Å². The molecule has 6 heteroatoms. The van der Waals surface area contributed by atoms with Crippen molar-refractivity contribution in [3.8, 4) is 0 Å². The Kier molecular flexibility index (Phi) is 4.35. The molecule has 1 aliphatic heterocycles. The van der Waals surface area contributed by atoms with Gasteiger partial charge in [0.1, 0.15) is 5.15 Å². The zero-order chi connectivity index (χ0) is 11.4. The largest absolute Gasteiger partial charge is 0.376 e. The zero-order valence-corrected chi connectivity index (χ0v) is 10.3. The standard InChI is InChI=1S/C10H13Cl2N3O/c11-9-8(4-14-10(12)15-9)6-16-5-7-1-2-13-3-7/h4,7,13H,1-3,5-6H2/t7-/m1/s1. The van der Waals surface area contributed by atoms with E-state index in [1.54, 1.807) is 6.20 Å². The maximum absolute atomic E-state index is 5.90. The third-order valence-corrected chi connectivity index (χ3v) is 3.07. The molecule has 0 spiro atoms. The summed E-state index contributed by atoms with van der Waals surface area (Å²) in [5.74, 6) is 0.604. The maximum atomic E-state index is 5.90. The summed E-state index contributed by atoms with van der Waals surface area (Å²) in [7, 11) is 0. The summed E-state index contributed by atoms with van der Waals surface area (Å²) in [6, 6.07) is 0. The molecule has 88 valence electrons. The summed E-state index contributed by atoms with van der Waals surface area (Å²) < 4.78 is 5.58. The minimum Gasteiger partial charge on any atom is -0.376 e. The van der Waals surface area contributed by atoms with Crippen LogP contribution in [0.1, 0.15) is 12.0 Å². The van der Waals surface area contributed by atoms with Gasteiger partial charge in [0.05, 0.1) is 13.2 Å². The van der Waals surface area contributed by atoms with Gasteiger partial charge < -0.3 is 10.1 Å². The first kappa shape index (κ1) is 12.0. The second-order valence-corrected chi connectivity index (χ2v) is 4.53. The molecular weight excluding hydrogens is 249 g/mol. The lowest BCUT2D eigenvalue weighted by Crippen LogP contribution is -2.13. The Morgan fingerprint density at radius 1 is 1.50 bits per heavy atom. The number of rotatable bonds is 4. The van der Waals surface area contributed by atoms with E-state index < -0.39 is 0 Å². The Morgan fingerprint density at radius 2 is 2.38 bits per heavy atom. The molecule has 0 aliphatic carbocycles. The molecule has 0 aromatic carbocycles. The highest BCUT2D eigenvalue weighted by Gasteiger charge is 2.14. The zero-order valence-electron chi connectivity index (χ0n) is 8.75. The van der Waals surface area contributed by atoms with E-state index in [1.807, 2.05) is 0 Å². The number of nitrogens with zero attached hydrogens (tertiary/aromatic N) is 2. The molecule has 0 unspecified atom stereocenters. The second kappa shape index (κ2) is 5.77. The van der Waals surface area contributed by atoms with E-state index in [0.29, 0.717) is 17.7 Å². The normalized spacial score (nSPS) is 20.2. The highest BCUT2D eigenvalue weighted by molar-refractivity contribution is 6.32. The second-order valence-electron chi connectivity index (χ2n) is 3.83. The van der Waals surface area contributed by atoms with E-state index in [0.717, 1.165) is 25.3 Å². The average molecular weight is 262 g/mol. The first-order valence-electron chi connectivity index (χ1n) is 5.21. The van der Waals surface area contributed by atoms with Crippen LogP contribution in [0.4, 0.5) is 0 Å². The van der Waals surface area contributed by atoms with Gasteiger partial charge in [-0.2, -0.15) is 0 Å². The number of hydrogen-bond acceptors (Lipinski definition) is 4. The molecule has 1 aromatic heterocycles.